The minimum Gasteiger partial charge on any atom is -0.396 e. The highest BCUT2D eigenvalue weighted by atomic mass is 16.3. The Morgan fingerprint density at radius 3 is 2.19 bits per heavy atom. The summed E-state index contributed by atoms with van der Waals surface area (Å²) in [7, 11) is 0. The van der Waals surface area contributed by atoms with Gasteiger partial charge in [-0.25, -0.2) is 0 Å². The largest absolute Gasteiger partial charge is 0.396 e. The van der Waals surface area contributed by atoms with E-state index in [0.29, 0.717) is 12.0 Å². The predicted molar refractivity (Wildman–Crippen MR) is 68.2 cm³/mol. The van der Waals surface area contributed by atoms with Gasteiger partial charge in [0.15, 0.2) is 0 Å². The quantitative estimate of drug-likeness (QED) is 0.718. The van der Waals surface area contributed by atoms with E-state index in [9.17, 15) is 5.11 Å². The highest BCUT2D eigenvalue weighted by molar-refractivity contribution is 4.93. The van der Waals surface area contributed by atoms with Gasteiger partial charge in [-0.3, -0.25) is 0 Å². The second-order valence-corrected chi connectivity index (χ2v) is 5.93. The summed E-state index contributed by atoms with van der Waals surface area (Å²) >= 11 is 0. The fourth-order valence-corrected chi connectivity index (χ4v) is 3.92. The van der Waals surface area contributed by atoms with Crippen LogP contribution in [-0.4, -0.2) is 11.7 Å². The summed E-state index contributed by atoms with van der Waals surface area (Å²) in [5.41, 5.74) is 0.296. The first-order chi connectivity index (χ1) is 7.80. The van der Waals surface area contributed by atoms with Crippen molar-refractivity contribution in [2.24, 2.45) is 17.3 Å². The molecular formula is C15H26O. The lowest BCUT2D eigenvalue weighted by Crippen LogP contribution is -2.38. The first-order valence-corrected chi connectivity index (χ1v) is 7.04. The fourth-order valence-electron chi connectivity index (χ4n) is 3.92. The van der Waals surface area contributed by atoms with Gasteiger partial charge in [-0.05, 0) is 55.8 Å². The van der Waals surface area contributed by atoms with Gasteiger partial charge in [0.05, 0.1) is 0 Å². The molecule has 0 aromatic carbocycles. The molecular weight excluding hydrogens is 196 g/mol. The molecule has 0 amide bonds. The van der Waals surface area contributed by atoms with Crippen molar-refractivity contribution in [1.29, 1.82) is 0 Å². The molecule has 1 heteroatoms. The third-order valence-electron chi connectivity index (χ3n) is 5.14. The number of aliphatic hydroxyl groups is 1. The predicted octanol–water partition coefficient (Wildman–Crippen LogP) is 3.92. The Bertz CT molecular complexity index is 220. The molecule has 2 aliphatic carbocycles. The molecule has 0 atom stereocenters. The average Bonchev–Trinajstić information content (AvgIpc) is 2.39. The molecule has 0 aliphatic heterocycles. The van der Waals surface area contributed by atoms with E-state index in [-0.39, 0.29) is 0 Å². The molecule has 2 fully saturated rings. The normalized spacial score (nSPS) is 34.6. The fraction of sp³-hybridized carbons (Fsp3) is 0.867. The maximum atomic E-state index is 9.80. The lowest BCUT2D eigenvalue weighted by atomic mass is 9.61. The Kier molecular flexibility index (Phi) is 4.07. The lowest BCUT2D eigenvalue weighted by Gasteiger charge is -2.45. The summed E-state index contributed by atoms with van der Waals surface area (Å²) in [5, 5.41) is 9.80. The highest BCUT2D eigenvalue weighted by Crippen LogP contribution is 2.48. The van der Waals surface area contributed by atoms with E-state index in [2.05, 4.69) is 12.7 Å². The van der Waals surface area contributed by atoms with E-state index in [1.54, 1.807) is 0 Å². The summed E-state index contributed by atoms with van der Waals surface area (Å²) < 4.78 is 0. The summed E-state index contributed by atoms with van der Waals surface area (Å²) in [6.07, 6.45) is 14.0. The van der Waals surface area contributed by atoms with Crippen molar-refractivity contribution in [1.82, 2.24) is 0 Å². The summed E-state index contributed by atoms with van der Waals surface area (Å²) in [4.78, 5) is 0. The van der Waals surface area contributed by atoms with Crippen molar-refractivity contribution in [3.63, 3.8) is 0 Å². The molecule has 0 unspecified atom stereocenters. The molecule has 0 heterocycles. The van der Waals surface area contributed by atoms with Crippen LogP contribution in [-0.2, 0) is 0 Å². The van der Waals surface area contributed by atoms with Crippen LogP contribution in [0.2, 0.25) is 0 Å². The molecule has 0 bridgehead atoms. The Hall–Kier alpha value is -0.300. The maximum Gasteiger partial charge on any atom is 0.0490 e. The SMILES string of the molecule is C=CC1CCC(C2(CO)CCCCC2)CC1. The Morgan fingerprint density at radius 1 is 1.06 bits per heavy atom. The minimum absolute atomic E-state index is 0.296. The summed E-state index contributed by atoms with van der Waals surface area (Å²) in [5.74, 6) is 1.53. The average molecular weight is 222 g/mol. The van der Waals surface area contributed by atoms with Gasteiger partial charge >= 0.3 is 0 Å². The third-order valence-corrected chi connectivity index (χ3v) is 5.14. The minimum atomic E-state index is 0.296. The molecule has 0 aromatic rings. The van der Waals surface area contributed by atoms with Crippen LogP contribution in [0.1, 0.15) is 57.8 Å². The molecule has 0 aromatic heterocycles. The van der Waals surface area contributed by atoms with Crippen molar-refractivity contribution in [2.75, 3.05) is 6.61 Å². The van der Waals surface area contributed by atoms with Crippen LogP contribution >= 0.6 is 0 Å². The van der Waals surface area contributed by atoms with Crippen molar-refractivity contribution in [3.8, 4) is 0 Å². The molecule has 2 rings (SSSR count). The molecule has 1 N–H and O–H groups in total. The molecule has 2 saturated carbocycles. The van der Waals surface area contributed by atoms with Gasteiger partial charge in [-0.15, -0.1) is 6.58 Å². The number of allylic oxidation sites excluding steroid dienone is 1. The first-order valence-electron chi connectivity index (χ1n) is 7.04. The van der Waals surface area contributed by atoms with Crippen LogP contribution < -0.4 is 0 Å². The third kappa shape index (κ3) is 2.34. The molecule has 92 valence electrons. The Labute approximate surface area is 99.9 Å². The van der Waals surface area contributed by atoms with Crippen molar-refractivity contribution < 1.29 is 5.11 Å². The lowest BCUT2D eigenvalue weighted by molar-refractivity contribution is 0.00239. The molecule has 0 radical (unpaired) electrons. The number of rotatable bonds is 3. The molecule has 16 heavy (non-hydrogen) atoms. The van der Waals surface area contributed by atoms with Crippen LogP contribution in [0, 0.1) is 17.3 Å². The molecule has 0 saturated heterocycles. The zero-order valence-electron chi connectivity index (χ0n) is 10.5. The van der Waals surface area contributed by atoms with Crippen molar-refractivity contribution >= 4 is 0 Å². The van der Waals surface area contributed by atoms with E-state index in [4.69, 9.17) is 0 Å². The molecule has 2 aliphatic rings. The smallest absolute Gasteiger partial charge is 0.0490 e. The van der Waals surface area contributed by atoms with E-state index < -0.39 is 0 Å². The van der Waals surface area contributed by atoms with Crippen molar-refractivity contribution in [2.45, 2.75) is 57.8 Å². The van der Waals surface area contributed by atoms with E-state index in [1.165, 1.54) is 57.8 Å². The van der Waals surface area contributed by atoms with Gasteiger partial charge in [0.25, 0.3) is 0 Å². The van der Waals surface area contributed by atoms with Crippen LogP contribution in [0.3, 0.4) is 0 Å². The summed E-state index contributed by atoms with van der Waals surface area (Å²) in [6.45, 7) is 4.34. The second kappa shape index (κ2) is 5.35. The van der Waals surface area contributed by atoms with Crippen molar-refractivity contribution in [3.05, 3.63) is 12.7 Å². The van der Waals surface area contributed by atoms with Gasteiger partial charge in [0, 0.05) is 6.61 Å². The van der Waals surface area contributed by atoms with Gasteiger partial charge in [0.1, 0.15) is 0 Å². The highest BCUT2D eigenvalue weighted by Gasteiger charge is 2.40. The maximum absolute atomic E-state index is 9.80. The number of hydrogen-bond acceptors (Lipinski definition) is 1. The van der Waals surface area contributed by atoms with Crippen LogP contribution in [0.15, 0.2) is 12.7 Å². The van der Waals surface area contributed by atoms with E-state index in [1.807, 2.05) is 0 Å². The first kappa shape index (κ1) is 12.2. The monoisotopic (exact) mass is 222 g/mol. The standard InChI is InChI=1S/C15H26O/c1-2-13-6-8-14(9-7-13)15(12-16)10-4-3-5-11-15/h2,13-14,16H,1,3-12H2. The molecule has 0 spiro atoms. The summed E-state index contributed by atoms with van der Waals surface area (Å²) in [6, 6.07) is 0. The van der Waals surface area contributed by atoms with E-state index in [0.717, 1.165) is 11.8 Å². The Morgan fingerprint density at radius 2 is 1.69 bits per heavy atom. The second-order valence-electron chi connectivity index (χ2n) is 5.93. The zero-order chi connectivity index (χ0) is 11.4. The van der Waals surface area contributed by atoms with Crippen LogP contribution in [0.5, 0.6) is 0 Å². The van der Waals surface area contributed by atoms with Gasteiger partial charge < -0.3 is 5.11 Å². The molecule has 1 nitrogen and oxygen atoms in total. The van der Waals surface area contributed by atoms with E-state index >= 15 is 0 Å². The van der Waals surface area contributed by atoms with Crippen LogP contribution in [0.25, 0.3) is 0 Å². The topological polar surface area (TPSA) is 20.2 Å². The van der Waals surface area contributed by atoms with Gasteiger partial charge in [0.2, 0.25) is 0 Å². The number of aliphatic hydroxyl groups excluding tert-OH is 1. The number of hydrogen-bond donors (Lipinski definition) is 1. The van der Waals surface area contributed by atoms with Crippen LogP contribution in [0.4, 0.5) is 0 Å². The zero-order valence-corrected chi connectivity index (χ0v) is 10.5. The Balaban J connectivity index is 1.96. The van der Waals surface area contributed by atoms with Gasteiger partial charge in [-0.2, -0.15) is 0 Å². The van der Waals surface area contributed by atoms with Gasteiger partial charge in [-0.1, -0.05) is 25.3 Å².